The normalized spacial score (nSPS) is 11.2. The van der Waals surface area contributed by atoms with Crippen LogP contribution in [0.4, 0.5) is 5.82 Å². The first-order chi connectivity index (χ1) is 6.58. The molecule has 1 heterocycles. The molecule has 1 atom stereocenters. The Morgan fingerprint density at radius 2 is 1.86 bits per heavy atom. The lowest BCUT2D eigenvalue weighted by molar-refractivity contribution is 0.689. The molecule has 1 N–H and O–H groups in total. The molecule has 80 valence electrons. The molecule has 0 spiro atoms. The molecule has 1 aromatic heterocycles. The lowest BCUT2D eigenvalue weighted by atomic mass is 10.2. The van der Waals surface area contributed by atoms with Crippen molar-refractivity contribution in [1.29, 1.82) is 0 Å². The number of hydrogen-bond acceptors (Lipinski definition) is 2. The van der Waals surface area contributed by atoms with Gasteiger partial charge in [-0.25, -0.2) is 9.19 Å². The second kappa shape index (κ2) is 6.54. The van der Waals surface area contributed by atoms with Crippen LogP contribution in [0.5, 0.6) is 0 Å². The van der Waals surface area contributed by atoms with Crippen LogP contribution in [0.2, 0.25) is 0 Å². The van der Waals surface area contributed by atoms with Crippen molar-refractivity contribution in [3.05, 3.63) is 23.4 Å². The average Bonchev–Trinajstić information content (AvgIpc) is 2.04. The number of rotatable bonds is 2. The Balaban J connectivity index is 0.000000791. The molecule has 4 heteroatoms. The number of anilines is 1. The molecule has 1 aromatic rings. The third-order valence-corrected chi connectivity index (χ3v) is 1.84. The molecular weight excluding hydrogens is 196 g/mol. The summed E-state index contributed by atoms with van der Waals surface area (Å²) in [6.07, 6.45) is 1.58. The van der Waals surface area contributed by atoms with Crippen molar-refractivity contribution >= 4 is 16.8 Å². The summed E-state index contributed by atoms with van der Waals surface area (Å²) in [5.74, 6) is 0.674. The fraction of sp³-hybridized carbons (Fsp3) is 0.500. The topological polar surface area (TPSA) is 42.0 Å². The third kappa shape index (κ3) is 4.97. The van der Waals surface area contributed by atoms with E-state index in [0.29, 0.717) is 5.82 Å². The van der Waals surface area contributed by atoms with Crippen LogP contribution in [0, 0.1) is 13.8 Å². The van der Waals surface area contributed by atoms with Crippen molar-refractivity contribution in [1.82, 2.24) is 4.98 Å². The Hall–Kier alpha value is -0.900. The SMILES string of the molecule is CC.Cc1cc(C)nc(NS(C)=O)c1. The predicted molar refractivity (Wildman–Crippen MR) is 62.7 cm³/mol. The van der Waals surface area contributed by atoms with Crippen LogP contribution in [-0.2, 0) is 11.0 Å². The molecule has 0 aliphatic heterocycles. The molecular formula is C10H18N2OS. The first-order valence-corrected chi connectivity index (χ1v) is 6.19. The minimum Gasteiger partial charge on any atom is -0.290 e. The Morgan fingerprint density at radius 3 is 2.29 bits per heavy atom. The number of pyridine rings is 1. The van der Waals surface area contributed by atoms with Gasteiger partial charge in [0, 0.05) is 11.9 Å². The van der Waals surface area contributed by atoms with Crippen LogP contribution in [0.1, 0.15) is 25.1 Å². The van der Waals surface area contributed by atoms with E-state index < -0.39 is 11.0 Å². The van der Waals surface area contributed by atoms with Crippen molar-refractivity contribution in [2.24, 2.45) is 0 Å². The minimum absolute atomic E-state index is 0.674. The van der Waals surface area contributed by atoms with Gasteiger partial charge in [-0.05, 0) is 31.5 Å². The number of nitrogens with zero attached hydrogens (tertiary/aromatic N) is 1. The number of aryl methyl sites for hydroxylation is 2. The van der Waals surface area contributed by atoms with Gasteiger partial charge >= 0.3 is 0 Å². The predicted octanol–water partition coefficient (Wildman–Crippen LogP) is 2.43. The molecule has 0 saturated heterocycles. The zero-order valence-electron chi connectivity index (χ0n) is 9.42. The van der Waals surface area contributed by atoms with Gasteiger partial charge in [0.2, 0.25) is 0 Å². The first kappa shape index (κ1) is 13.1. The van der Waals surface area contributed by atoms with Crippen molar-refractivity contribution in [2.45, 2.75) is 27.7 Å². The van der Waals surface area contributed by atoms with Crippen LogP contribution >= 0.6 is 0 Å². The second-order valence-corrected chi connectivity index (χ2v) is 3.84. The van der Waals surface area contributed by atoms with Gasteiger partial charge in [-0.15, -0.1) is 0 Å². The van der Waals surface area contributed by atoms with Gasteiger partial charge in [0.1, 0.15) is 16.8 Å². The van der Waals surface area contributed by atoms with Crippen LogP contribution in [0.25, 0.3) is 0 Å². The van der Waals surface area contributed by atoms with E-state index in [9.17, 15) is 4.21 Å². The molecule has 14 heavy (non-hydrogen) atoms. The summed E-state index contributed by atoms with van der Waals surface area (Å²) in [7, 11) is -1.05. The maximum atomic E-state index is 10.8. The zero-order valence-corrected chi connectivity index (χ0v) is 10.2. The third-order valence-electron chi connectivity index (χ3n) is 1.35. The molecule has 0 aliphatic carbocycles. The molecule has 1 rings (SSSR count). The van der Waals surface area contributed by atoms with Crippen molar-refractivity contribution in [2.75, 3.05) is 11.0 Å². The van der Waals surface area contributed by atoms with Gasteiger partial charge in [0.05, 0.1) is 0 Å². The van der Waals surface area contributed by atoms with E-state index in [1.165, 1.54) is 0 Å². The standard InChI is InChI=1S/C8H12N2OS.C2H6/c1-6-4-7(2)9-8(5-6)10-12(3)11;1-2/h4-5H,1-3H3,(H,9,10);1-2H3. The van der Waals surface area contributed by atoms with Gasteiger partial charge in [-0.2, -0.15) is 0 Å². The van der Waals surface area contributed by atoms with E-state index in [0.717, 1.165) is 11.3 Å². The molecule has 0 amide bonds. The smallest absolute Gasteiger partial charge is 0.138 e. The summed E-state index contributed by atoms with van der Waals surface area (Å²) < 4.78 is 13.5. The Morgan fingerprint density at radius 1 is 1.29 bits per heavy atom. The average molecular weight is 214 g/mol. The van der Waals surface area contributed by atoms with E-state index in [-0.39, 0.29) is 0 Å². The lowest BCUT2D eigenvalue weighted by Crippen LogP contribution is -2.03. The summed E-state index contributed by atoms with van der Waals surface area (Å²) in [5.41, 5.74) is 2.05. The van der Waals surface area contributed by atoms with Crippen LogP contribution in [-0.4, -0.2) is 15.4 Å². The first-order valence-electron chi connectivity index (χ1n) is 4.63. The molecule has 0 bridgehead atoms. The van der Waals surface area contributed by atoms with E-state index >= 15 is 0 Å². The summed E-state index contributed by atoms with van der Waals surface area (Å²) >= 11 is 0. The molecule has 0 aromatic carbocycles. The Labute approximate surface area is 88.5 Å². The van der Waals surface area contributed by atoms with E-state index in [2.05, 4.69) is 9.71 Å². The van der Waals surface area contributed by atoms with Crippen molar-refractivity contribution in [3.63, 3.8) is 0 Å². The van der Waals surface area contributed by atoms with Crippen LogP contribution < -0.4 is 4.72 Å². The van der Waals surface area contributed by atoms with Gasteiger partial charge in [-0.3, -0.25) is 4.72 Å². The maximum Gasteiger partial charge on any atom is 0.138 e. The van der Waals surface area contributed by atoms with Gasteiger partial charge in [0.15, 0.2) is 0 Å². The number of aromatic nitrogens is 1. The van der Waals surface area contributed by atoms with Gasteiger partial charge in [-0.1, -0.05) is 13.8 Å². The number of hydrogen-bond donors (Lipinski definition) is 1. The van der Waals surface area contributed by atoms with Crippen molar-refractivity contribution < 1.29 is 4.21 Å². The van der Waals surface area contributed by atoms with E-state index in [1.54, 1.807) is 6.26 Å². The monoisotopic (exact) mass is 214 g/mol. The highest BCUT2D eigenvalue weighted by Crippen LogP contribution is 2.08. The fourth-order valence-electron chi connectivity index (χ4n) is 1.04. The minimum atomic E-state index is -1.05. The second-order valence-electron chi connectivity index (χ2n) is 2.73. The van der Waals surface area contributed by atoms with Crippen LogP contribution in [0.3, 0.4) is 0 Å². The summed E-state index contributed by atoms with van der Waals surface area (Å²) in [6.45, 7) is 7.90. The fourth-order valence-corrected chi connectivity index (χ4v) is 1.44. The van der Waals surface area contributed by atoms with Gasteiger partial charge in [0.25, 0.3) is 0 Å². The van der Waals surface area contributed by atoms with Crippen molar-refractivity contribution in [3.8, 4) is 0 Å². The van der Waals surface area contributed by atoms with Gasteiger partial charge < -0.3 is 0 Å². The lowest BCUT2D eigenvalue weighted by Gasteiger charge is -2.03. The highest BCUT2D eigenvalue weighted by molar-refractivity contribution is 7.85. The highest BCUT2D eigenvalue weighted by Gasteiger charge is 1.97. The summed E-state index contributed by atoms with van der Waals surface area (Å²) in [5, 5.41) is 0. The Kier molecular flexibility index (Phi) is 6.12. The summed E-state index contributed by atoms with van der Waals surface area (Å²) in [6, 6.07) is 3.85. The van der Waals surface area contributed by atoms with E-state index in [1.807, 2.05) is 39.8 Å². The number of nitrogens with one attached hydrogen (secondary N) is 1. The molecule has 3 nitrogen and oxygen atoms in total. The van der Waals surface area contributed by atoms with E-state index in [4.69, 9.17) is 0 Å². The molecule has 0 aliphatic rings. The molecule has 1 unspecified atom stereocenters. The summed E-state index contributed by atoms with van der Waals surface area (Å²) in [4.78, 5) is 4.17. The maximum absolute atomic E-state index is 10.8. The zero-order chi connectivity index (χ0) is 11.1. The quantitative estimate of drug-likeness (QED) is 0.821. The Bertz CT molecular complexity index is 293. The highest BCUT2D eigenvalue weighted by atomic mass is 32.2. The van der Waals surface area contributed by atoms with Crippen LogP contribution in [0.15, 0.2) is 12.1 Å². The molecule has 0 saturated carbocycles. The largest absolute Gasteiger partial charge is 0.290 e. The molecule has 0 radical (unpaired) electrons. The molecule has 0 fully saturated rings.